The van der Waals surface area contributed by atoms with E-state index >= 15 is 0 Å². The maximum atomic E-state index is 12.4. The Balaban J connectivity index is 2.60. The van der Waals surface area contributed by atoms with Gasteiger partial charge < -0.3 is 4.74 Å². The summed E-state index contributed by atoms with van der Waals surface area (Å²) in [5.41, 5.74) is -0.189. The lowest BCUT2D eigenvalue weighted by atomic mass is 9.88. The van der Waals surface area contributed by atoms with E-state index in [2.05, 4.69) is 6.92 Å². The van der Waals surface area contributed by atoms with Crippen molar-refractivity contribution in [1.82, 2.24) is 0 Å². The largest absolute Gasteiger partial charge is 0.363 e. The summed E-state index contributed by atoms with van der Waals surface area (Å²) in [7, 11) is 1.44. The average molecular weight is 290 g/mol. The van der Waals surface area contributed by atoms with Crippen molar-refractivity contribution in [1.29, 1.82) is 0 Å². The molecule has 0 aliphatic heterocycles. The van der Waals surface area contributed by atoms with Crippen molar-refractivity contribution in [3.63, 3.8) is 0 Å². The van der Waals surface area contributed by atoms with E-state index in [9.17, 15) is 9.59 Å². The zero-order chi connectivity index (χ0) is 15.7. The lowest BCUT2D eigenvalue weighted by molar-refractivity contribution is -0.152. The summed E-state index contributed by atoms with van der Waals surface area (Å²) in [5, 5.41) is 0. The van der Waals surface area contributed by atoms with E-state index in [4.69, 9.17) is 4.74 Å². The van der Waals surface area contributed by atoms with Crippen molar-refractivity contribution in [2.75, 3.05) is 7.11 Å². The fraction of sp³-hybridized carbons (Fsp3) is 0.556. The van der Waals surface area contributed by atoms with Crippen LogP contribution in [0.4, 0.5) is 0 Å². The number of methoxy groups -OCH3 is 1. The van der Waals surface area contributed by atoms with Gasteiger partial charge in [-0.2, -0.15) is 0 Å². The van der Waals surface area contributed by atoms with Crippen LogP contribution in [-0.4, -0.2) is 24.3 Å². The van der Waals surface area contributed by atoms with Crippen LogP contribution in [0.2, 0.25) is 0 Å². The highest BCUT2D eigenvalue weighted by molar-refractivity contribution is 6.10. The van der Waals surface area contributed by atoms with Crippen molar-refractivity contribution in [3.05, 3.63) is 35.9 Å². The van der Waals surface area contributed by atoms with Crippen LogP contribution in [0.1, 0.15) is 51.5 Å². The molecule has 0 fully saturated rings. The van der Waals surface area contributed by atoms with E-state index in [1.165, 1.54) is 7.11 Å². The first-order valence-electron chi connectivity index (χ1n) is 7.70. The van der Waals surface area contributed by atoms with Crippen LogP contribution < -0.4 is 0 Å². The summed E-state index contributed by atoms with van der Waals surface area (Å²) in [4.78, 5) is 24.7. The predicted molar refractivity (Wildman–Crippen MR) is 84.3 cm³/mol. The fourth-order valence-corrected chi connectivity index (χ4v) is 2.30. The maximum Gasteiger partial charge on any atom is 0.181 e. The number of carbonyl (C=O) groups excluding carboxylic acids is 2. The molecule has 3 heteroatoms. The fourth-order valence-electron chi connectivity index (χ4n) is 2.30. The molecule has 116 valence electrons. The van der Waals surface area contributed by atoms with Crippen LogP contribution >= 0.6 is 0 Å². The van der Waals surface area contributed by atoms with Gasteiger partial charge in [0.05, 0.1) is 0 Å². The number of Topliss-reactive ketones (excluding diaryl/α,β-unsaturated/α-hetero) is 2. The third-order valence-electron chi connectivity index (χ3n) is 3.96. The number of aryl methyl sites for hydroxylation is 1. The number of benzene rings is 1. The molecule has 21 heavy (non-hydrogen) atoms. The zero-order valence-electron chi connectivity index (χ0n) is 13.4. The highest BCUT2D eigenvalue weighted by atomic mass is 16.5. The van der Waals surface area contributed by atoms with Gasteiger partial charge in [0.1, 0.15) is 0 Å². The minimum Gasteiger partial charge on any atom is -0.363 e. The Morgan fingerprint density at radius 2 is 1.67 bits per heavy atom. The van der Waals surface area contributed by atoms with Crippen molar-refractivity contribution in [2.24, 2.45) is 0 Å². The summed E-state index contributed by atoms with van der Waals surface area (Å²) in [6.07, 6.45) is 4.26. The first-order chi connectivity index (χ1) is 10.0. The number of carbonyl (C=O) groups is 2. The van der Waals surface area contributed by atoms with Crippen molar-refractivity contribution < 1.29 is 14.3 Å². The lowest BCUT2D eigenvalue weighted by Gasteiger charge is -2.25. The Morgan fingerprint density at radius 1 is 1.05 bits per heavy atom. The minimum absolute atomic E-state index is 0.100. The van der Waals surface area contributed by atoms with Gasteiger partial charge in [-0.1, -0.05) is 50.1 Å². The second kappa shape index (κ2) is 8.73. The Hall–Kier alpha value is -1.48. The van der Waals surface area contributed by atoms with E-state index in [1.54, 1.807) is 6.92 Å². The number of unbranched alkanes of at least 4 members (excludes halogenated alkanes) is 2. The molecule has 0 N–H and O–H groups in total. The van der Waals surface area contributed by atoms with E-state index in [-0.39, 0.29) is 11.6 Å². The molecule has 0 radical (unpaired) electrons. The predicted octanol–water partition coefficient (Wildman–Crippen LogP) is 3.74. The molecule has 1 aromatic rings. The normalized spacial score (nSPS) is 13.7. The molecule has 1 unspecified atom stereocenters. The second-order valence-electron chi connectivity index (χ2n) is 5.53. The molecule has 0 heterocycles. The maximum absolute atomic E-state index is 12.4. The van der Waals surface area contributed by atoms with Gasteiger partial charge in [0, 0.05) is 20.0 Å². The Morgan fingerprint density at radius 3 is 2.24 bits per heavy atom. The standard InChI is InChI=1S/C18H26O3/c1-4-5-7-12-16(19)18(2,21-3)17(20)14-13-15-10-8-6-9-11-15/h6,8-11H,4-5,7,12-14H2,1-3H3. The zero-order valence-corrected chi connectivity index (χ0v) is 13.4. The van der Waals surface area contributed by atoms with Crippen molar-refractivity contribution >= 4 is 11.6 Å². The molecule has 0 amide bonds. The van der Waals surface area contributed by atoms with E-state index in [0.29, 0.717) is 19.3 Å². The summed E-state index contributed by atoms with van der Waals surface area (Å²) < 4.78 is 5.28. The van der Waals surface area contributed by atoms with Gasteiger partial charge in [-0.05, 0) is 25.3 Å². The highest BCUT2D eigenvalue weighted by Gasteiger charge is 2.39. The summed E-state index contributed by atoms with van der Waals surface area (Å²) in [5.74, 6) is -0.230. The smallest absolute Gasteiger partial charge is 0.181 e. The van der Waals surface area contributed by atoms with Crippen molar-refractivity contribution in [3.8, 4) is 0 Å². The molecule has 1 rings (SSSR count). The molecule has 0 aliphatic rings. The molecule has 0 saturated carbocycles. The summed E-state index contributed by atoms with van der Waals surface area (Å²) in [6, 6.07) is 9.82. The molecule has 0 spiro atoms. The van der Waals surface area contributed by atoms with E-state index < -0.39 is 5.60 Å². The number of hydrogen-bond donors (Lipinski definition) is 0. The van der Waals surface area contributed by atoms with Crippen LogP contribution in [0, 0.1) is 0 Å². The van der Waals surface area contributed by atoms with E-state index in [0.717, 1.165) is 24.8 Å². The minimum atomic E-state index is -1.29. The first kappa shape index (κ1) is 17.6. The van der Waals surface area contributed by atoms with Gasteiger partial charge in [-0.3, -0.25) is 9.59 Å². The monoisotopic (exact) mass is 290 g/mol. The van der Waals surface area contributed by atoms with Crippen LogP contribution in [-0.2, 0) is 20.7 Å². The van der Waals surface area contributed by atoms with Gasteiger partial charge in [-0.15, -0.1) is 0 Å². The van der Waals surface area contributed by atoms with Crippen LogP contribution in [0.15, 0.2) is 30.3 Å². The number of hydrogen-bond acceptors (Lipinski definition) is 3. The molecule has 0 saturated heterocycles. The Labute approximate surface area is 127 Å². The topological polar surface area (TPSA) is 43.4 Å². The SMILES string of the molecule is CCCCCC(=O)C(C)(OC)C(=O)CCc1ccccc1. The van der Waals surface area contributed by atoms with Gasteiger partial charge in [0.15, 0.2) is 17.2 Å². The molecule has 0 aromatic heterocycles. The Bertz CT molecular complexity index is 453. The molecule has 1 aromatic carbocycles. The number of ether oxygens (including phenoxy) is 1. The molecular formula is C18H26O3. The van der Waals surface area contributed by atoms with E-state index in [1.807, 2.05) is 30.3 Å². The third-order valence-corrected chi connectivity index (χ3v) is 3.96. The molecule has 3 nitrogen and oxygen atoms in total. The van der Waals surface area contributed by atoms with Gasteiger partial charge in [0.2, 0.25) is 0 Å². The lowest BCUT2D eigenvalue weighted by Crippen LogP contribution is -2.45. The third kappa shape index (κ3) is 5.09. The van der Waals surface area contributed by atoms with Crippen LogP contribution in [0.25, 0.3) is 0 Å². The number of ketones is 2. The summed E-state index contributed by atoms with van der Waals surface area (Å²) >= 11 is 0. The molecule has 0 aliphatic carbocycles. The number of rotatable bonds is 10. The van der Waals surface area contributed by atoms with Gasteiger partial charge in [0.25, 0.3) is 0 Å². The molecule has 0 bridgehead atoms. The summed E-state index contributed by atoms with van der Waals surface area (Å²) in [6.45, 7) is 3.69. The van der Waals surface area contributed by atoms with Crippen molar-refractivity contribution in [2.45, 2.75) is 58.0 Å². The molecule has 1 atom stereocenters. The first-order valence-corrected chi connectivity index (χ1v) is 7.70. The second-order valence-corrected chi connectivity index (χ2v) is 5.53. The quantitative estimate of drug-likeness (QED) is 0.487. The molecular weight excluding hydrogens is 264 g/mol. The van der Waals surface area contributed by atoms with Gasteiger partial charge >= 0.3 is 0 Å². The Kier molecular flexibility index (Phi) is 7.30. The highest BCUT2D eigenvalue weighted by Crippen LogP contribution is 2.19. The van der Waals surface area contributed by atoms with Gasteiger partial charge in [-0.25, -0.2) is 0 Å². The van der Waals surface area contributed by atoms with Crippen LogP contribution in [0.5, 0.6) is 0 Å². The average Bonchev–Trinajstić information content (AvgIpc) is 2.52. The van der Waals surface area contributed by atoms with Crippen LogP contribution in [0.3, 0.4) is 0 Å².